The summed E-state index contributed by atoms with van der Waals surface area (Å²) in [6.45, 7) is 1.34. The number of alkyl halides is 6. The van der Waals surface area contributed by atoms with Crippen molar-refractivity contribution in [2.24, 2.45) is 0 Å². The van der Waals surface area contributed by atoms with Crippen molar-refractivity contribution in [1.29, 1.82) is 0 Å². The molecule has 158 valence electrons. The highest BCUT2D eigenvalue weighted by Gasteiger charge is 2.35. The molecule has 1 aromatic heterocycles. The summed E-state index contributed by atoms with van der Waals surface area (Å²) in [4.78, 5) is 12.6. The third kappa shape index (κ3) is 4.83. The van der Waals surface area contributed by atoms with Crippen LogP contribution in [0.3, 0.4) is 0 Å². The van der Waals surface area contributed by atoms with Crippen molar-refractivity contribution in [2.75, 3.05) is 55.0 Å². The maximum atomic E-state index is 13.2. The maximum absolute atomic E-state index is 13.2. The van der Waals surface area contributed by atoms with Crippen LogP contribution in [0.2, 0.25) is 0 Å². The van der Waals surface area contributed by atoms with Gasteiger partial charge in [-0.1, -0.05) is 6.07 Å². The molecule has 3 rings (SSSR count). The third-order valence-electron chi connectivity index (χ3n) is 4.53. The van der Waals surface area contributed by atoms with Gasteiger partial charge in [0.2, 0.25) is 5.95 Å². The fraction of sp³-hybridized carbons (Fsp3) is 0.444. The Hall–Kier alpha value is -2.72. The van der Waals surface area contributed by atoms with Gasteiger partial charge in [0, 0.05) is 52.0 Å². The van der Waals surface area contributed by atoms with Gasteiger partial charge < -0.3 is 14.7 Å². The number of hydrogen-bond donors (Lipinski definition) is 0. The predicted molar refractivity (Wildman–Crippen MR) is 97.2 cm³/mol. The lowest BCUT2D eigenvalue weighted by atomic mass is 10.1. The summed E-state index contributed by atoms with van der Waals surface area (Å²) in [5, 5.41) is 0. The van der Waals surface area contributed by atoms with Crippen molar-refractivity contribution in [2.45, 2.75) is 12.4 Å². The molecule has 0 bridgehead atoms. The smallest absolute Gasteiger partial charge is 0.368 e. The molecule has 1 aromatic carbocycles. The molecule has 2 heterocycles. The van der Waals surface area contributed by atoms with Crippen LogP contribution in [0, 0.1) is 0 Å². The molecule has 2 aromatic rings. The van der Waals surface area contributed by atoms with Crippen LogP contribution in [0.1, 0.15) is 11.3 Å². The second-order valence-electron chi connectivity index (χ2n) is 6.83. The zero-order valence-electron chi connectivity index (χ0n) is 15.7. The molecule has 1 fully saturated rings. The van der Waals surface area contributed by atoms with Crippen molar-refractivity contribution in [3.63, 3.8) is 0 Å². The maximum Gasteiger partial charge on any atom is 0.433 e. The lowest BCUT2D eigenvalue weighted by Gasteiger charge is -2.37. The van der Waals surface area contributed by atoms with Gasteiger partial charge in [-0.05, 0) is 18.2 Å². The summed E-state index contributed by atoms with van der Waals surface area (Å²) >= 11 is 0. The van der Waals surface area contributed by atoms with E-state index < -0.39 is 23.6 Å². The van der Waals surface area contributed by atoms with Gasteiger partial charge in [-0.15, -0.1) is 0 Å². The fourth-order valence-electron chi connectivity index (χ4n) is 3.00. The van der Waals surface area contributed by atoms with E-state index in [-0.39, 0.29) is 11.8 Å². The highest BCUT2D eigenvalue weighted by Crippen LogP contribution is 2.33. The Morgan fingerprint density at radius 3 is 2.00 bits per heavy atom. The summed E-state index contributed by atoms with van der Waals surface area (Å²) in [7, 11) is 3.09. The van der Waals surface area contributed by atoms with Crippen LogP contribution < -0.4 is 14.7 Å². The zero-order chi connectivity index (χ0) is 21.4. The summed E-state index contributed by atoms with van der Waals surface area (Å²) in [5.74, 6) is 0.0786. The van der Waals surface area contributed by atoms with E-state index in [0.717, 1.165) is 18.2 Å². The number of aromatic nitrogens is 2. The molecule has 1 saturated heterocycles. The van der Waals surface area contributed by atoms with E-state index in [1.165, 1.54) is 11.0 Å². The van der Waals surface area contributed by atoms with Crippen LogP contribution in [-0.4, -0.2) is 50.2 Å². The second-order valence-corrected chi connectivity index (χ2v) is 6.83. The lowest BCUT2D eigenvalue weighted by molar-refractivity contribution is -0.141. The summed E-state index contributed by atoms with van der Waals surface area (Å²) < 4.78 is 78.3. The predicted octanol–water partition coefficient (Wildman–Crippen LogP) is 3.91. The van der Waals surface area contributed by atoms with Gasteiger partial charge in [0.05, 0.1) is 5.56 Å². The normalized spacial score (nSPS) is 15.6. The minimum Gasteiger partial charge on any atom is -0.368 e. The molecule has 0 radical (unpaired) electrons. The number of nitrogens with zero attached hydrogens (tertiary/aromatic N) is 5. The van der Waals surface area contributed by atoms with Gasteiger partial charge >= 0.3 is 12.4 Å². The summed E-state index contributed by atoms with van der Waals surface area (Å²) in [5.41, 5.74) is -1.35. The molecule has 11 heteroatoms. The first-order chi connectivity index (χ1) is 13.4. The Kier molecular flexibility index (Phi) is 5.50. The topological polar surface area (TPSA) is 35.5 Å². The summed E-state index contributed by atoms with van der Waals surface area (Å²) in [6.07, 6.45) is -9.04. The van der Waals surface area contributed by atoms with Crippen molar-refractivity contribution in [3.05, 3.63) is 41.6 Å². The molecule has 1 aliphatic rings. The largest absolute Gasteiger partial charge is 0.433 e. The van der Waals surface area contributed by atoms with Gasteiger partial charge in [-0.3, -0.25) is 0 Å². The molecule has 0 N–H and O–H groups in total. The van der Waals surface area contributed by atoms with E-state index in [2.05, 4.69) is 9.97 Å². The molecule has 0 saturated carbocycles. The van der Waals surface area contributed by atoms with E-state index >= 15 is 0 Å². The minimum atomic E-state index is -4.61. The van der Waals surface area contributed by atoms with Gasteiger partial charge in [-0.2, -0.15) is 31.3 Å². The first-order valence-corrected chi connectivity index (χ1v) is 8.76. The van der Waals surface area contributed by atoms with Crippen LogP contribution in [0.15, 0.2) is 30.3 Å². The number of halogens is 6. The SMILES string of the molecule is CN(C)c1nc(N2CCN(c3cccc(C(F)(F)F)c3)CC2)cc(C(F)(F)F)n1. The molecule has 0 aliphatic carbocycles. The standard InChI is InChI=1S/C18H19F6N5/c1-27(2)16-25-14(18(22,23)24)11-15(26-16)29-8-6-28(7-9-29)13-5-3-4-12(10-13)17(19,20)21/h3-5,10-11H,6-9H2,1-2H3. The van der Waals surface area contributed by atoms with Crippen LogP contribution in [-0.2, 0) is 12.4 Å². The fourth-order valence-corrected chi connectivity index (χ4v) is 3.00. The van der Waals surface area contributed by atoms with Crippen molar-refractivity contribution >= 4 is 17.5 Å². The van der Waals surface area contributed by atoms with Crippen molar-refractivity contribution in [3.8, 4) is 0 Å². The average molecular weight is 419 g/mol. The second kappa shape index (κ2) is 7.60. The van der Waals surface area contributed by atoms with Gasteiger partial charge in [0.1, 0.15) is 5.82 Å². The van der Waals surface area contributed by atoms with E-state index in [1.807, 2.05) is 0 Å². The van der Waals surface area contributed by atoms with E-state index in [9.17, 15) is 26.3 Å². The number of piperazine rings is 1. The minimum absolute atomic E-state index is 0.0601. The molecular formula is C18H19F6N5. The summed E-state index contributed by atoms with van der Waals surface area (Å²) in [6, 6.07) is 5.90. The highest BCUT2D eigenvalue weighted by molar-refractivity contribution is 5.52. The first kappa shape index (κ1) is 21.0. The van der Waals surface area contributed by atoms with Crippen molar-refractivity contribution in [1.82, 2.24) is 9.97 Å². The number of rotatable bonds is 3. The Morgan fingerprint density at radius 1 is 0.828 bits per heavy atom. The quantitative estimate of drug-likeness (QED) is 0.706. The van der Waals surface area contributed by atoms with Crippen molar-refractivity contribution < 1.29 is 26.3 Å². The monoisotopic (exact) mass is 419 g/mol. The van der Waals surface area contributed by atoms with Crippen LogP contribution >= 0.6 is 0 Å². The highest BCUT2D eigenvalue weighted by atomic mass is 19.4. The molecule has 29 heavy (non-hydrogen) atoms. The van der Waals surface area contributed by atoms with Gasteiger partial charge in [-0.25, -0.2) is 4.98 Å². The van der Waals surface area contributed by atoms with E-state index in [1.54, 1.807) is 30.0 Å². The molecular weight excluding hydrogens is 400 g/mol. The molecule has 5 nitrogen and oxygen atoms in total. The first-order valence-electron chi connectivity index (χ1n) is 8.76. The zero-order valence-corrected chi connectivity index (χ0v) is 15.7. The molecule has 0 spiro atoms. The Bertz CT molecular complexity index is 857. The molecule has 0 atom stereocenters. The Balaban J connectivity index is 1.78. The number of hydrogen-bond acceptors (Lipinski definition) is 5. The third-order valence-corrected chi connectivity index (χ3v) is 4.53. The molecule has 1 aliphatic heterocycles. The van der Waals surface area contributed by atoms with Gasteiger partial charge in [0.25, 0.3) is 0 Å². The van der Waals surface area contributed by atoms with Crippen LogP contribution in [0.4, 0.5) is 43.8 Å². The van der Waals surface area contributed by atoms with Crippen LogP contribution in [0.5, 0.6) is 0 Å². The van der Waals surface area contributed by atoms with Gasteiger partial charge in [0.15, 0.2) is 5.69 Å². The van der Waals surface area contributed by atoms with Crippen LogP contribution in [0.25, 0.3) is 0 Å². The Morgan fingerprint density at radius 2 is 1.45 bits per heavy atom. The number of benzene rings is 1. The van der Waals surface area contributed by atoms with E-state index in [4.69, 9.17) is 0 Å². The Labute approximate surface area is 163 Å². The van der Waals surface area contributed by atoms with E-state index in [0.29, 0.717) is 31.9 Å². The lowest BCUT2D eigenvalue weighted by Crippen LogP contribution is -2.47. The average Bonchev–Trinajstić information content (AvgIpc) is 2.66. The molecule has 0 unspecified atom stereocenters. The number of anilines is 3. The molecule has 0 amide bonds.